The second-order valence-corrected chi connectivity index (χ2v) is 3.80. The summed E-state index contributed by atoms with van der Waals surface area (Å²) in [5, 5.41) is 0. The Morgan fingerprint density at radius 1 is 1.64 bits per heavy atom. The Morgan fingerprint density at radius 2 is 2.43 bits per heavy atom. The van der Waals surface area contributed by atoms with Crippen LogP contribution in [0.2, 0.25) is 0 Å². The minimum atomic E-state index is 0.0884. The van der Waals surface area contributed by atoms with Crippen LogP contribution in [0.25, 0.3) is 0 Å². The van der Waals surface area contributed by atoms with Crippen molar-refractivity contribution in [3.8, 4) is 0 Å². The van der Waals surface area contributed by atoms with Crippen molar-refractivity contribution in [2.45, 2.75) is 12.5 Å². The number of nitrogens with two attached hydrogens (primary N) is 1. The van der Waals surface area contributed by atoms with E-state index in [0.29, 0.717) is 6.54 Å². The molecule has 2 heterocycles. The topological polar surface area (TPSA) is 51.3 Å². The molecule has 1 fully saturated rings. The predicted molar refractivity (Wildman–Crippen MR) is 53.9 cm³/mol. The summed E-state index contributed by atoms with van der Waals surface area (Å²) in [6.07, 6.45) is 2.79. The van der Waals surface area contributed by atoms with E-state index in [2.05, 4.69) is 0 Å². The van der Waals surface area contributed by atoms with Gasteiger partial charge in [0.25, 0.3) is 5.91 Å². The van der Waals surface area contributed by atoms with Crippen molar-refractivity contribution in [1.29, 1.82) is 0 Å². The van der Waals surface area contributed by atoms with Crippen molar-refractivity contribution in [2.75, 3.05) is 13.1 Å². The van der Waals surface area contributed by atoms with Crippen LogP contribution in [0.4, 0.5) is 0 Å². The first-order chi connectivity index (χ1) is 6.68. The standard InChI is InChI=1S/C10H15N3O/c1-12-5-2-3-9(12)10(14)13-6-4-8(11)7-13/h2-3,5,8H,4,6-7,11H2,1H3. The second kappa shape index (κ2) is 3.46. The van der Waals surface area contributed by atoms with E-state index in [0.717, 1.165) is 18.7 Å². The van der Waals surface area contributed by atoms with Crippen LogP contribution in [-0.4, -0.2) is 34.5 Å². The third-order valence-corrected chi connectivity index (χ3v) is 2.67. The van der Waals surface area contributed by atoms with Crippen LogP contribution in [0.5, 0.6) is 0 Å². The Balaban J connectivity index is 2.13. The fourth-order valence-corrected chi connectivity index (χ4v) is 1.82. The molecule has 14 heavy (non-hydrogen) atoms. The second-order valence-electron chi connectivity index (χ2n) is 3.80. The number of likely N-dealkylation sites (tertiary alicyclic amines) is 1. The van der Waals surface area contributed by atoms with E-state index < -0.39 is 0 Å². The Kier molecular flexibility index (Phi) is 2.29. The zero-order valence-electron chi connectivity index (χ0n) is 8.31. The normalized spacial score (nSPS) is 21.6. The largest absolute Gasteiger partial charge is 0.347 e. The minimum absolute atomic E-state index is 0.0884. The first kappa shape index (κ1) is 9.27. The Morgan fingerprint density at radius 3 is 2.93 bits per heavy atom. The zero-order valence-corrected chi connectivity index (χ0v) is 8.31. The lowest BCUT2D eigenvalue weighted by Crippen LogP contribution is -2.32. The van der Waals surface area contributed by atoms with Gasteiger partial charge in [-0.2, -0.15) is 0 Å². The summed E-state index contributed by atoms with van der Waals surface area (Å²) in [5.74, 6) is 0.0884. The molecule has 1 aliphatic heterocycles. The third-order valence-electron chi connectivity index (χ3n) is 2.67. The monoisotopic (exact) mass is 193 g/mol. The fourth-order valence-electron chi connectivity index (χ4n) is 1.82. The van der Waals surface area contributed by atoms with Crippen LogP contribution in [0.3, 0.4) is 0 Å². The highest BCUT2D eigenvalue weighted by Gasteiger charge is 2.25. The SMILES string of the molecule is Cn1cccc1C(=O)N1CCC(N)C1. The predicted octanol–water partition coefficient (Wildman–Crippen LogP) is 0.198. The Labute approximate surface area is 83.3 Å². The minimum Gasteiger partial charge on any atom is -0.347 e. The maximum atomic E-state index is 11.9. The molecule has 0 radical (unpaired) electrons. The van der Waals surface area contributed by atoms with E-state index in [1.807, 2.05) is 34.8 Å². The van der Waals surface area contributed by atoms with Crippen molar-refractivity contribution in [1.82, 2.24) is 9.47 Å². The Bertz CT molecular complexity index is 345. The van der Waals surface area contributed by atoms with Crippen LogP contribution < -0.4 is 5.73 Å². The fraction of sp³-hybridized carbons (Fsp3) is 0.500. The first-order valence-corrected chi connectivity index (χ1v) is 4.84. The van der Waals surface area contributed by atoms with Crippen LogP contribution in [-0.2, 0) is 7.05 Å². The van der Waals surface area contributed by atoms with Gasteiger partial charge < -0.3 is 15.2 Å². The molecule has 0 aromatic carbocycles. The van der Waals surface area contributed by atoms with Gasteiger partial charge in [-0.15, -0.1) is 0 Å². The molecule has 4 nitrogen and oxygen atoms in total. The van der Waals surface area contributed by atoms with Crippen molar-refractivity contribution in [3.63, 3.8) is 0 Å². The third kappa shape index (κ3) is 1.53. The molecule has 2 N–H and O–H groups in total. The molecule has 76 valence electrons. The maximum absolute atomic E-state index is 11.9. The summed E-state index contributed by atoms with van der Waals surface area (Å²) in [6.45, 7) is 1.47. The highest BCUT2D eigenvalue weighted by Crippen LogP contribution is 2.12. The van der Waals surface area contributed by atoms with Gasteiger partial charge >= 0.3 is 0 Å². The summed E-state index contributed by atoms with van der Waals surface area (Å²) >= 11 is 0. The van der Waals surface area contributed by atoms with Crippen molar-refractivity contribution in [3.05, 3.63) is 24.0 Å². The summed E-state index contributed by atoms with van der Waals surface area (Å²) in [5.41, 5.74) is 6.49. The average molecular weight is 193 g/mol. The summed E-state index contributed by atoms with van der Waals surface area (Å²) in [4.78, 5) is 13.7. The summed E-state index contributed by atoms with van der Waals surface area (Å²) in [7, 11) is 1.88. The van der Waals surface area contributed by atoms with E-state index in [4.69, 9.17) is 5.73 Å². The van der Waals surface area contributed by atoms with E-state index in [9.17, 15) is 4.79 Å². The molecule has 1 unspecified atom stereocenters. The van der Waals surface area contributed by atoms with E-state index >= 15 is 0 Å². The average Bonchev–Trinajstić information content (AvgIpc) is 2.73. The highest BCUT2D eigenvalue weighted by molar-refractivity contribution is 5.93. The molecule has 0 saturated carbocycles. The van der Waals surface area contributed by atoms with E-state index in [1.165, 1.54) is 0 Å². The molecule has 1 aromatic rings. The quantitative estimate of drug-likeness (QED) is 0.692. The number of aryl methyl sites for hydroxylation is 1. The molecule has 0 aliphatic carbocycles. The summed E-state index contributed by atoms with van der Waals surface area (Å²) in [6, 6.07) is 3.87. The number of nitrogens with zero attached hydrogens (tertiary/aromatic N) is 2. The van der Waals surface area contributed by atoms with Crippen molar-refractivity contribution >= 4 is 5.91 Å². The van der Waals surface area contributed by atoms with Gasteiger partial charge in [-0.05, 0) is 18.6 Å². The summed E-state index contributed by atoms with van der Waals surface area (Å²) < 4.78 is 1.84. The molecular formula is C10H15N3O. The zero-order chi connectivity index (χ0) is 10.1. The molecule has 1 atom stereocenters. The maximum Gasteiger partial charge on any atom is 0.270 e. The van der Waals surface area contributed by atoms with Gasteiger partial charge in [0.05, 0.1) is 0 Å². The van der Waals surface area contributed by atoms with Gasteiger partial charge in [0.2, 0.25) is 0 Å². The van der Waals surface area contributed by atoms with Gasteiger partial charge in [-0.25, -0.2) is 0 Å². The van der Waals surface area contributed by atoms with Crippen LogP contribution in [0.1, 0.15) is 16.9 Å². The lowest BCUT2D eigenvalue weighted by atomic mass is 10.3. The van der Waals surface area contributed by atoms with Crippen molar-refractivity contribution in [2.24, 2.45) is 12.8 Å². The molecule has 1 aromatic heterocycles. The Hall–Kier alpha value is -1.29. The van der Waals surface area contributed by atoms with Gasteiger partial charge in [-0.3, -0.25) is 4.79 Å². The highest BCUT2D eigenvalue weighted by atomic mass is 16.2. The van der Waals surface area contributed by atoms with Crippen LogP contribution in [0, 0.1) is 0 Å². The molecule has 1 amide bonds. The number of hydrogen-bond donors (Lipinski definition) is 1. The van der Waals surface area contributed by atoms with Gasteiger partial charge in [0, 0.05) is 32.4 Å². The van der Waals surface area contributed by atoms with Crippen LogP contribution in [0.15, 0.2) is 18.3 Å². The molecule has 1 saturated heterocycles. The van der Waals surface area contributed by atoms with E-state index in [1.54, 1.807) is 0 Å². The number of carbonyl (C=O) groups excluding carboxylic acids is 1. The molecule has 0 bridgehead atoms. The molecule has 2 rings (SSSR count). The van der Waals surface area contributed by atoms with Gasteiger partial charge in [-0.1, -0.05) is 0 Å². The van der Waals surface area contributed by atoms with E-state index in [-0.39, 0.29) is 11.9 Å². The first-order valence-electron chi connectivity index (χ1n) is 4.84. The lowest BCUT2D eigenvalue weighted by Gasteiger charge is -2.15. The molecule has 0 spiro atoms. The molecule has 4 heteroatoms. The smallest absolute Gasteiger partial charge is 0.270 e. The molecular weight excluding hydrogens is 178 g/mol. The van der Waals surface area contributed by atoms with Crippen LogP contribution >= 0.6 is 0 Å². The number of hydrogen-bond acceptors (Lipinski definition) is 2. The number of amides is 1. The molecule has 1 aliphatic rings. The van der Waals surface area contributed by atoms with Gasteiger partial charge in [0.15, 0.2) is 0 Å². The number of aromatic nitrogens is 1. The van der Waals surface area contributed by atoms with Gasteiger partial charge in [0.1, 0.15) is 5.69 Å². The lowest BCUT2D eigenvalue weighted by molar-refractivity contribution is 0.0781. The number of rotatable bonds is 1. The van der Waals surface area contributed by atoms with Crippen molar-refractivity contribution < 1.29 is 4.79 Å². The number of carbonyl (C=O) groups is 1.